The van der Waals surface area contributed by atoms with Gasteiger partial charge in [0.05, 0.1) is 0 Å². The third kappa shape index (κ3) is 5.10. The van der Waals surface area contributed by atoms with Gasteiger partial charge in [-0.05, 0) is 37.6 Å². The smallest absolute Gasteiger partial charge is 0.323 e. The lowest BCUT2D eigenvalue weighted by Gasteiger charge is -2.23. The Morgan fingerprint density at radius 3 is 2.24 bits per heavy atom. The first-order valence-electron chi connectivity index (χ1n) is 6.41. The van der Waals surface area contributed by atoms with E-state index in [4.69, 9.17) is 10.8 Å². The van der Waals surface area contributed by atoms with Crippen molar-refractivity contribution < 1.29 is 19.5 Å². The Balaban J connectivity index is 2.80. The van der Waals surface area contributed by atoms with E-state index in [-0.39, 0.29) is 18.5 Å². The van der Waals surface area contributed by atoms with Crippen LogP contribution in [0.1, 0.15) is 29.8 Å². The van der Waals surface area contributed by atoms with E-state index in [1.165, 1.54) is 11.0 Å². The number of rotatable bonds is 6. The first kappa shape index (κ1) is 16.4. The highest BCUT2D eigenvalue weighted by Crippen LogP contribution is 2.07. The minimum Gasteiger partial charge on any atom is -0.480 e. The number of hydrogen-bond donors (Lipinski definition) is 2. The van der Waals surface area contributed by atoms with E-state index in [9.17, 15) is 14.4 Å². The summed E-state index contributed by atoms with van der Waals surface area (Å²) < 4.78 is 0. The quantitative estimate of drug-likeness (QED) is 0.766. The Hall–Kier alpha value is -2.63. The molecule has 1 aromatic carbocycles. The van der Waals surface area contributed by atoms with Gasteiger partial charge in [0.2, 0.25) is 11.8 Å². The Morgan fingerprint density at radius 2 is 1.81 bits per heavy atom. The number of amides is 2. The van der Waals surface area contributed by atoms with Crippen molar-refractivity contribution in [2.24, 2.45) is 5.73 Å². The van der Waals surface area contributed by atoms with E-state index < -0.39 is 11.9 Å². The Labute approximate surface area is 122 Å². The van der Waals surface area contributed by atoms with Crippen LogP contribution in [0.25, 0.3) is 6.08 Å². The highest BCUT2D eigenvalue weighted by atomic mass is 16.4. The lowest BCUT2D eigenvalue weighted by molar-refractivity contribution is -0.143. The minimum atomic E-state index is -1.06. The van der Waals surface area contributed by atoms with Crippen LogP contribution in [0, 0.1) is 0 Å². The van der Waals surface area contributed by atoms with Gasteiger partial charge in [0.1, 0.15) is 6.54 Å². The summed E-state index contributed by atoms with van der Waals surface area (Å²) in [5, 5.41) is 8.79. The molecule has 0 fully saturated rings. The van der Waals surface area contributed by atoms with Crippen LogP contribution >= 0.6 is 0 Å². The van der Waals surface area contributed by atoms with Crippen LogP contribution in [0.3, 0.4) is 0 Å². The first-order chi connectivity index (χ1) is 9.81. The maximum absolute atomic E-state index is 12.0. The largest absolute Gasteiger partial charge is 0.480 e. The fourth-order valence-corrected chi connectivity index (χ4v) is 1.68. The first-order valence-corrected chi connectivity index (χ1v) is 6.41. The van der Waals surface area contributed by atoms with Gasteiger partial charge in [0, 0.05) is 17.7 Å². The van der Waals surface area contributed by atoms with E-state index in [1.54, 1.807) is 44.2 Å². The van der Waals surface area contributed by atoms with Gasteiger partial charge in [0.25, 0.3) is 0 Å². The molecule has 6 nitrogen and oxygen atoms in total. The number of primary amides is 1. The van der Waals surface area contributed by atoms with Gasteiger partial charge in [-0.1, -0.05) is 12.1 Å². The van der Waals surface area contributed by atoms with Crippen LogP contribution in [0.2, 0.25) is 0 Å². The van der Waals surface area contributed by atoms with E-state index in [2.05, 4.69) is 0 Å². The summed E-state index contributed by atoms with van der Waals surface area (Å²) in [5.74, 6) is -1.96. The summed E-state index contributed by atoms with van der Waals surface area (Å²) in [5.41, 5.74) is 6.23. The Kier molecular flexibility index (Phi) is 5.66. The van der Waals surface area contributed by atoms with Crippen molar-refractivity contribution in [3.63, 3.8) is 0 Å². The molecular weight excluding hydrogens is 272 g/mol. The van der Waals surface area contributed by atoms with Gasteiger partial charge < -0.3 is 15.7 Å². The highest BCUT2D eigenvalue weighted by molar-refractivity contribution is 5.95. The molecule has 0 aliphatic heterocycles. The third-order valence-electron chi connectivity index (χ3n) is 2.83. The van der Waals surface area contributed by atoms with Crippen LogP contribution in [-0.2, 0) is 9.59 Å². The van der Waals surface area contributed by atoms with Crippen molar-refractivity contribution in [3.05, 3.63) is 41.5 Å². The maximum Gasteiger partial charge on any atom is 0.323 e. The molecule has 0 bridgehead atoms. The summed E-state index contributed by atoms with van der Waals surface area (Å²) in [6, 6.07) is 6.21. The van der Waals surface area contributed by atoms with E-state index in [1.807, 2.05) is 0 Å². The van der Waals surface area contributed by atoms with Crippen molar-refractivity contribution in [1.29, 1.82) is 0 Å². The van der Waals surface area contributed by atoms with Crippen LogP contribution in [0.5, 0.6) is 0 Å². The van der Waals surface area contributed by atoms with Crippen LogP contribution in [0.15, 0.2) is 30.3 Å². The van der Waals surface area contributed by atoms with Gasteiger partial charge in [-0.15, -0.1) is 0 Å². The second-order valence-corrected chi connectivity index (χ2v) is 4.77. The minimum absolute atomic E-state index is 0.213. The van der Waals surface area contributed by atoms with Crippen molar-refractivity contribution >= 4 is 23.9 Å². The van der Waals surface area contributed by atoms with Gasteiger partial charge in [-0.3, -0.25) is 14.4 Å². The second-order valence-electron chi connectivity index (χ2n) is 4.77. The normalized spacial score (nSPS) is 10.8. The molecule has 0 aromatic heterocycles. The summed E-state index contributed by atoms with van der Waals surface area (Å²) in [7, 11) is 0. The fourth-order valence-electron chi connectivity index (χ4n) is 1.68. The SMILES string of the molecule is CC(C)N(CC(=O)O)C(=O)/C=C/c1ccc(C(N)=O)cc1. The maximum atomic E-state index is 12.0. The molecule has 0 unspecified atom stereocenters. The zero-order valence-electron chi connectivity index (χ0n) is 11.9. The van der Waals surface area contributed by atoms with Gasteiger partial charge >= 0.3 is 5.97 Å². The second kappa shape index (κ2) is 7.23. The van der Waals surface area contributed by atoms with Gasteiger partial charge in [-0.25, -0.2) is 0 Å². The topological polar surface area (TPSA) is 101 Å². The number of aliphatic carboxylic acids is 1. The van der Waals surface area contributed by atoms with Gasteiger partial charge in [-0.2, -0.15) is 0 Å². The summed E-state index contributed by atoms with van der Waals surface area (Å²) in [6.45, 7) is 3.15. The Morgan fingerprint density at radius 1 is 1.24 bits per heavy atom. The molecule has 0 radical (unpaired) electrons. The Bertz CT molecular complexity index is 562. The number of carboxylic acids is 1. The molecule has 0 spiro atoms. The monoisotopic (exact) mass is 290 g/mol. The van der Waals surface area contributed by atoms with Crippen LogP contribution in [0.4, 0.5) is 0 Å². The molecule has 3 N–H and O–H groups in total. The number of carbonyl (C=O) groups is 3. The summed E-state index contributed by atoms with van der Waals surface area (Å²) in [4.78, 5) is 34.9. The lowest BCUT2D eigenvalue weighted by Crippen LogP contribution is -2.39. The highest BCUT2D eigenvalue weighted by Gasteiger charge is 2.17. The van der Waals surface area contributed by atoms with Crippen LogP contribution in [-0.4, -0.2) is 40.4 Å². The summed E-state index contributed by atoms with van der Waals surface area (Å²) >= 11 is 0. The molecule has 2 amide bonds. The van der Waals surface area contributed by atoms with Crippen molar-refractivity contribution in [2.75, 3.05) is 6.54 Å². The standard InChI is InChI=1S/C15H18N2O4/c1-10(2)17(9-14(19)20)13(18)8-5-11-3-6-12(7-4-11)15(16)21/h3-8,10H,9H2,1-2H3,(H2,16,21)(H,19,20)/b8-5+. The molecule has 0 saturated heterocycles. The van der Waals surface area contributed by atoms with Crippen molar-refractivity contribution in [3.8, 4) is 0 Å². The van der Waals surface area contributed by atoms with Gasteiger partial charge in [0.15, 0.2) is 0 Å². The fraction of sp³-hybridized carbons (Fsp3) is 0.267. The molecule has 6 heteroatoms. The molecule has 0 heterocycles. The van der Waals surface area contributed by atoms with E-state index in [0.717, 1.165) is 0 Å². The lowest BCUT2D eigenvalue weighted by atomic mass is 10.1. The average Bonchev–Trinajstić information content (AvgIpc) is 2.42. The predicted molar refractivity (Wildman–Crippen MR) is 78.5 cm³/mol. The molecule has 112 valence electrons. The number of hydrogen-bond acceptors (Lipinski definition) is 3. The van der Waals surface area contributed by atoms with E-state index in [0.29, 0.717) is 11.1 Å². The molecule has 0 aliphatic rings. The van der Waals surface area contributed by atoms with E-state index >= 15 is 0 Å². The zero-order valence-corrected chi connectivity index (χ0v) is 11.9. The summed E-state index contributed by atoms with van der Waals surface area (Å²) in [6.07, 6.45) is 2.87. The predicted octanol–water partition coefficient (Wildman–Crippen LogP) is 1.12. The average molecular weight is 290 g/mol. The molecular formula is C15H18N2O4. The van der Waals surface area contributed by atoms with Crippen molar-refractivity contribution in [1.82, 2.24) is 4.90 Å². The molecule has 0 saturated carbocycles. The van der Waals surface area contributed by atoms with Crippen molar-refractivity contribution in [2.45, 2.75) is 19.9 Å². The number of nitrogens with zero attached hydrogens (tertiary/aromatic N) is 1. The molecule has 21 heavy (non-hydrogen) atoms. The number of benzene rings is 1. The van der Waals surface area contributed by atoms with Crippen LogP contribution < -0.4 is 5.73 Å². The number of carboxylic acid groups (broad SMARTS) is 1. The molecule has 1 aromatic rings. The molecule has 0 aliphatic carbocycles. The zero-order chi connectivity index (χ0) is 16.0. The third-order valence-corrected chi connectivity index (χ3v) is 2.83. The molecule has 0 atom stereocenters. The molecule has 1 rings (SSSR count). The number of carbonyl (C=O) groups excluding carboxylic acids is 2. The number of nitrogens with two attached hydrogens (primary N) is 1.